The smallest absolute Gasteiger partial charge is 0.137 e. The summed E-state index contributed by atoms with van der Waals surface area (Å²) in [5, 5.41) is 13.4. The van der Waals surface area contributed by atoms with Crippen molar-refractivity contribution in [2.24, 2.45) is 0 Å². The van der Waals surface area contributed by atoms with Gasteiger partial charge >= 0.3 is 0 Å². The van der Waals surface area contributed by atoms with E-state index in [1.54, 1.807) is 0 Å². The second kappa shape index (κ2) is 4.58. The van der Waals surface area contributed by atoms with Crippen LogP contribution in [0.2, 0.25) is 0 Å². The standard InChI is InChI=1S/C12H14BrN3O/c1-12(2,6-17)16-11-8-4-3-5-9(13)10(8)14-7-15-11/h3-5,7,17H,6H2,1-2H3,(H,14,15,16). The van der Waals surface area contributed by atoms with Crippen LogP contribution in [-0.4, -0.2) is 27.2 Å². The van der Waals surface area contributed by atoms with Crippen LogP contribution in [0.5, 0.6) is 0 Å². The van der Waals surface area contributed by atoms with E-state index in [0.717, 1.165) is 21.2 Å². The Labute approximate surface area is 108 Å². The van der Waals surface area contributed by atoms with Crippen LogP contribution in [-0.2, 0) is 0 Å². The maximum Gasteiger partial charge on any atom is 0.137 e. The Kier molecular flexibility index (Phi) is 3.31. The van der Waals surface area contributed by atoms with Gasteiger partial charge in [-0.25, -0.2) is 9.97 Å². The van der Waals surface area contributed by atoms with Gasteiger partial charge in [0.25, 0.3) is 0 Å². The topological polar surface area (TPSA) is 58.0 Å². The van der Waals surface area contributed by atoms with Gasteiger partial charge in [0, 0.05) is 9.86 Å². The highest BCUT2D eigenvalue weighted by molar-refractivity contribution is 9.10. The van der Waals surface area contributed by atoms with Gasteiger partial charge < -0.3 is 10.4 Å². The lowest BCUT2D eigenvalue weighted by atomic mass is 10.1. The second-order valence-electron chi connectivity index (χ2n) is 4.53. The molecule has 0 saturated carbocycles. The first kappa shape index (κ1) is 12.3. The first-order valence-electron chi connectivity index (χ1n) is 5.32. The molecule has 0 atom stereocenters. The maximum atomic E-state index is 9.27. The highest BCUT2D eigenvalue weighted by atomic mass is 79.9. The summed E-state index contributed by atoms with van der Waals surface area (Å²) in [5.41, 5.74) is 0.447. The van der Waals surface area contributed by atoms with Gasteiger partial charge in [-0.3, -0.25) is 0 Å². The first-order chi connectivity index (χ1) is 8.03. The van der Waals surface area contributed by atoms with E-state index in [1.165, 1.54) is 6.33 Å². The first-order valence-corrected chi connectivity index (χ1v) is 6.11. The number of nitrogens with one attached hydrogen (secondary N) is 1. The molecule has 4 nitrogen and oxygen atoms in total. The predicted octanol–water partition coefficient (Wildman–Crippen LogP) is 2.58. The number of halogens is 1. The van der Waals surface area contributed by atoms with E-state index in [0.29, 0.717) is 0 Å². The number of aromatic nitrogens is 2. The predicted molar refractivity (Wildman–Crippen MR) is 72.0 cm³/mol. The zero-order valence-corrected chi connectivity index (χ0v) is 11.3. The molecule has 0 saturated heterocycles. The van der Waals surface area contributed by atoms with Gasteiger partial charge in [-0.05, 0) is 41.9 Å². The van der Waals surface area contributed by atoms with Crippen LogP contribution in [0, 0.1) is 0 Å². The average Bonchev–Trinajstić information content (AvgIpc) is 2.30. The van der Waals surface area contributed by atoms with Crippen molar-refractivity contribution in [3.05, 3.63) is 29.0 Å². The molecule has 0 radical (unpaired) electrons. The molecular weight excluding hydrogens is 282 g/mol. The SMILES string of the molecule is CC(C)(CO)Nc1ncnc2c(Br)cccc12. The Morgan fingerprint density at radius 3 is 2.82 bits per heavy atom. The highest BCUT2D eigenvalue weighted by Gasteiger charge is 2.18. The van der Waals surface area contributed by atoms with Gasteiger partial charge in [-0.2, -0.15) is 0 Å². The minimum atomic E-state index is -0.413. The molecule has 0 aliphatic rings. The third-order valence-corrected chi connectivity index (χ3v) is 3.11. The van der Waals surface area contributed by atoms with Crippen molar-refractivity contribution >= 4 is 32.7 Å². The molecule has 2 N–H and O–H groups in total. The molecule has 2 aromatic rings. The number of hydrogen-bond donors (Lipinski definition) is 2. The van der Waals surface area contributed by atoms with Crippen LogP contribution in [0.4, 0.5) is 5.82 Å². The molecule has 0 aliphatic heterocycles. The summed E-state index contributed by atoms with van der Waals surface area (Å²) in [6.07, 6.45) is 1.52. The Bertz CT molecular complexity index is 542. The number of anilines is 1. The summed E-state index contributed by atoms with van der Waals surface area (Å²) >= 11 is 3.46. The Morgan fingerprint density at radius 2 is 2.12 bits per heavy atom. The van der Waals surface area contributed by atoms with Crippen molar-refractivity contribution < 1.29 is 5.11 Å². The molecule has 90 valence electrons. The van der Waals surface area contributed by atoms with E-state index < -0.39 is 5.54 Å². The lowest BCUT2D eigenvalue weighted by Gasteiger charge is -2.24. The molecule has 0 unspecified atom stereocenters. The normalized spacial score (nSPS) is 11.8. The number of hydrogen-bond acceptors (Lipinski definition) is 4. The zero-order valence-electron chi connectivity index (χ0n) is 9.74. The van der Waals surface area contributed by atoms with Crippen LogP contribution >= 0.6 is 15.9 Å². The fraction of sp³-hybridized carbons (Fsp3) is 0.333. The molecule has 0 spiro atoms. The van der Waals surface area contributed by atoms with Gasteiger partial charge in [-0.15, -0.1) is 0 Å². The third kappa shape index (κ3) is 2.56. The summed E-state index contributed by atoms with van der Waals surface area (Å²) < 4.78 is 0.933. The summed E-state index contributed by atoms with van der Waals surface area (Å²) in [6, 6.07) is 5.83. The summed E-state index contributed by atoms with van der Waals surface area (Å²) in [6.45, 7) is 3.87. The van der Waals surface area contributed by atoms with E-state index in [2.05, 4.69) is 31.2 Å². The minimum absolute atomic E-state index is 0.0342. The quantitative estimate of drug-likeness (QED) is 0.914. The Hall–Kier alpha value is -1.20. The molecular formula is C12H14BrN3O. The van der Waals surface area contributed by atoms with Crippen LogP contribution in [0.15, 0.2) is 29.0 Å². The summed E-state index contributed by atoms with van der Waals surface area (Å²) in [4.78, 5) is 8.46. The van der Waals surface area contributed by atoms with E-state index in [-0.39, 0.29) is 6.61 Å². The average molecular weight is 296 g/mol. The number of rotatable bonds is 3. The monoisotopic (exact) mass is 295 g/mol. The van der Waals surface area contributed by atoms with Crippen molar-refractivity contribution in [1.82, 2.24) is 9.97 Å². The largest absolute Gasteiger partial charge is 0.394 e. The van der Waals surface area contributed by atoms with Crippen molar-refractivity contribution in [3.63, 3.8) is 0 Å². The summed E-state index contributed by atoms with van der Waals surface area (Å²) in [5.74, 6) is 0.732. The molecule has 0 aliphatic carbocycles. The number of benzene rings is 1. The van der Waals surface area contributed by atoms with Crippen molar-refractivity contribution in [2.75, 3.05) is 11.9 Å². The van der Waals surface area contributed by atoms with E-state index in [1.807, 2.05) is 32.0 Å². The molecule has 5 heteroatoms. The van der Waals surface area contributed by atoms with Gasteiger partial charge in [0.15, 0.2) is 0 Å². The van der Waals surface area contributed by atoms with Gasteiger partial charge in [-0.1, -0.05) is 6.07 Å². The van der Waals surface area contributed by atoms with Crippen LogP contribution in [0.25, 0.3) is 10.9 Å². The maximum absolute atomic E-state index is 9.27. The van der Waals surface area contributed by atoms with E-state index in [4.69, 9.17) is 0 Å². The Balaban J connectivity index is 2.52. The van der Waals surface area contributed by atoms with Gasteiger partial charge in [0.2, 0.25) is 0 Å². The number of aliphatic hydroxyl groups is 1. The number of aliphatic hydroxyl groups excluding tert-OH is 1. The third-order valence-electron chi connectivity index (χ3n) is 2.47. The Morgan fingerprint density at radius 1 is 1.35 bits per heavy atom. The zero-order chi connectivity index (χ0) is 12.5. The van der Waals surface area contributed by atoms with Crippen molar-refractivity contribution in [1.29, 1.82) is 0 Å². The van der Waals surface area contributed by atoms with Crippen molar-refractivity contribution in [2.45, 2.75) is 19.4 Å². The molecule has 1 aromatic heterocycles. The van der Waals surface area contributed by atoms with Crippen LogP contribution < -0.4 is 5.32 Å². The fourth-order valence-electron chi connectivity index (χ4n) is 1.51. The number of nitrogens with zero attached hydrogens (tertiary/aromatic N) is 2. The molecule has 0 amide bonds. The van der Waals surface area contributed by atoms with Gasteiger partial charge in [0.05, 0.1) is 17.7 Å². The lowest BCUT2D eigenvalue weighted by molar-refractivity contribution is 0.234. The molecule has 2 rings (SSSR count). The molecule has 1 heterocycles. The fourth-order valence-corrected chi connectivity index (χ4v) is 1.98. The summed E-state index contributed by atoms with van der Waals surface area (Å²) in [7, 11) is 0. The van der Waals surface area contributed by atoms with Crippen LogP contribution in [0.3, 0.4) is 0 Å². The molecule has 17 heavy (non-hydrogen) atoms. The van der Waals surface area contributed by atoms with Gasteiger partial charge in [0.1, 0.15) is 12.1 Å². The van der Waals surface area contributed by atoms with Crippen molar-refractivity contribution in [3.8, 4) is 0 Å². The number of para-hydroxylation sites is 1. The number of fused-ring (bicyclic) bond motifs is 1. The van der Waals surface area contributed by atoms with Crippen LogP contribution in [0.1, 0.15) is 13.8 Å². The minimum Gasteiger partial charge on any atom is -0.394 e. The van der Waals surface area contributed by atoms with E-state index >= 15 is 0 Å². The van der Waals surface area contributed by atoms with E-state index in [9.17, 15) is 5.11 Å². The lowest BCUT2D eigenvalue weighted by Crippen LogP contribution is -2.35. The molecule has 0 bridgehead atoms. The second-order valence-corrected chi connectivity index (χ2v) is 5.38. The highest BCUT2D eigenvalue weighted by Crippen LogP contribution is 2.27. The molecule has 1 aromatic carbocycles. The molecule has 0 fully saturated rings.